The van der Waals surface area contributed by atoms with Gasteiger partial charge in [-0.2, -0.15) is 0 Å². The molecule has 2 amide bonds. The monoisotopic (exact) mass is 515 g/mol. The zero-order valence-corrected chi connectivity index (χ0v) is 19.6. The standard InChI is InChI=1S/C25H26FN3O8/c26-13-7-14(29-16(31)8-28-11-2-1-3-11)20(32)18-12(13)5-9-4-10-6-15(30)19(24(27)36)23(35)25(10,37)22(34)17(9)21(18)33/h7,9-11,28,32-33,35,37H,1-6,8H2,(H2,27,36)(H,29,31)/t9?,10-,25-/m0/s1. The maximum Gasteiger partial charge on any atom is 0.255 e. The van der Waals surface area contributed by atoms with Crippen LogP contribution in [0, 0.1) is 17.7 Å². The molecule has 0 aromatic heterocycles. The molecular weight excluding hydrogens is 489 g/mol. The number of phenolic OH excluding ortho intramolecular Hbond substituents is 1. The SMILES string of the molecule is NC(=O)C1=C(O)[C@@]2(O)C(=O)C3=C(O)c4c(O)c(NC(=O)CNC5CCC5)cc(F)c4CC3C[C@H]2CC1=O. The average molecular weight is 515 g/mol. The Labute approximate surface area is 209 Å². The van der Waals surface area contributed by atoms with E-state index in [0.29, 0.717) is 0 Å². The second kappa shape index (κ2) is 8.67. The van der Waals surface area contributed by atoms with Crippen molar-refractivity contribution in [1.82, 2.24) is 5.32 Å². The van der Waals surface area contributed by atoms with Gasteiger partial charge in [-0.3, -0.25) is 19.2 Å². The third-order valence-corrected chi connectivity index (χ3v) is 7.94. The number of hydrogen-bond acceptors (Lipinski definition) is 9. The Morgan fingerprint density at radius 3 is 2.49 bits per heavy atom. The number of anilines is 1. The molecule has 2 fully saturated rings. The van der Waals surface area contributed by atoms with Crippen LogP contribution in [0.15, 0.2) is 23.0 Å². The summed E-state index contributed by atoms with van der Waals surface area (Å²) in [4.78, 5) is 49.9. The maximum absolute atomic E-state index is 15.1. The molecule has 11 nitrogen and oxygen atoms in total. The number of halogens is 1. The fraction of sp³-hybridized carbons (Fsp3) is 0.440. The van der Waals surface area contributed by atoms with Crippen molar-refractivity contribution in [2.24, 2.45) is 17.6 Å². The van der Waals surface area contributed by atoms with E-state index in [-0.39, 0.29) is 42.3 Å². The molecule has 4 aliphatic rings. The van der Waals surface area contributed by atoms with E-state index < -0.39 is 81.5 Å². The zero-order chi connectivity index (χ0) is 26.8. The molecule has 5 rings (SSSR count). The Morgan fingerprint density at radius 2 is 1.86 bits per heavy atom. The van der Waals surface area contributed by atoms with Gasteiger partial charge in [0.25, 0.3) is 5.91 Å². The number of rotatable bonds is 5. The summed E-state index contributed by atoms with van der Waals surface area (Å²) in [6, 6.07) is 1.14. The number of aromatic hydroxyl groups is 1. The van der Waals surface area contributed by atoms with Gasteiger partial charge in [-0.15, -0.1) is 0 Å². The smallest absolute Gasteiger partial charge is 0.255 e. The summed E-state index contributed by atoms with van der Waals surface area (Å²) in [5.41, 5.74) is 0.335. The fourth-order valence-corrected chi connectivity index (χ4v) is 5.78. The number of carbonyl (C=O) groups excluding carboxylic acids is 4. The number of nitrogens with two attached hydrogens (primary N) is 1. The highest BCUT2D eigenvalue weighted by Crippen LogP contribution is 2.53. The Hall–Kier alpha value is -3.77. The van der Waals surface area contributed by atoms with Crippen LogP contribution in [0.2, 0.25) is 0 Å². The van der Waals surface area contributed by atoms with E-state index in [0.717, 1.165) is 25.3 Å². The summed E-state index contributed by atoms with van der Waals surface area (Å²) < 4.78 is 15.1. The van der Waals surface area contributed by atoms with Crippen LogP contribution in [0.1, 0.15) is 43.2 Å². The lowest BCUT2D eigenvalue weighted by atomic mass is 9.59. The number of hydrogen-bond donors (Lipinski definition) is 7. The van der Waals surface area contributed by atoms with Crippen molar-refractivity contribution < 1.29 is 44.0 Å². The van der Waals surface area contributed by atoms with Crippen molar-refractivity contribution in [3.8, 4) is 5.75 Å². The Kier molecular flexibility index (Phi) is 5.83. The van der Waals surface area contributed by atoms with Gasteiger partial charge < -0.3 is 36.8 Å². The van der Waals surface area contributed by atoms with E-state index in [4.69, 9.17) is 5.73 Å². The minimum atomic E-state index is -2.71. The lowest BCUT2D eigenvalue weighted by molar-refractivity contribution is -0.147. The predicted molar refractivity (Wildman–Crippen MR) is 126 cm³/mol. The number of primary amides is 1. The number of nitrogens with one attached hydrogen (secondary N) is 2. The van der Waals surface area contributed by atoms with E-state index in [9.17, 15) is 39.6 Å². The third kappa shape index (κ3) is 3.70. The van der Waals surface area contributed by atoms with E-state index >= 15 is 4.39 Å². The lowest BCUT2D eigenvalue weighted by Gasteiger charge is -2.46. The first-order valence-electron chi connectivity index (χ1n) is 12.0. The third-order valence-electron chi connectivity index (χ3n) is 7.94. The number of aliphatic hydroxyl groups excluding tert-OH is 2. The molecule has 37 heavy (non-hydrogen) atoms. The van der Waals surface area contributed by atoms with Crippen molar-refractivity contribution in [3.05, 3.63) is 39.9 Å². The Bertz CT molecular complexity index is 1330. The van der Waals surface area contributed by atoms with Crippen LogP contribution >= 0.6 is 0 Å². The molecule has 1 unspecified atom stereocenters. The highest BCUT2D eigenvalue weighted by atomic mass is 19.1. The van der Waals surface area contributed by atoms with Gasteiger partial charge in [-0.1, -0.05) is 6.42 Å². The van der Waals surface area contributed by atoms with Gasteiger partial charge >= 0.3 is 0 Å². The Balaban J connectivity index is 1.53. The number of carbonyl (C=O) groups is 4. The molecule has 196 valence electrons. The normalized spacial score (nSPS) is 27.3. The van der Waals surface area contributed by atoms with Gasteiger partial charge in [0, 0.05) is 35.6 Å². The molecule has 0 bridgehead atoms. The first kappa shape index (κ1) is 24.9. The quantitative estimate of drug-likeness (QED) is 0.217. The van der Waals surface area contributed by atoms with Crippen LogP contribution in [-0.4, -0.2) is 62.0 Å². The molecule has 0 saturated heterocycles. The van der Waals surface area contributed by atoms with Crippen LogP contribution in [-0.2, 0) is 25.6 Å². The molecule has 3 atom stereocenters. The van der Waals surface area contributed by atoms with Crippen LogP contribution < -0.4 is 16.4 Å². The van der Waals surface area contributed by atoms with E-state index in [2.05, 4.69) is 10.6 Å². The first-order chi connectivity index (χ1) is 17.4. The molecular formula is C25H26FN3O8. The molecule has 12 heteroatoms. The largest absolute Gasteiger partial charge is 0.508 e. The number of benzene rings is 1. The van der Waals surface area contributed by atoms with Crippen LogP contribution in [0.4, 0.5) is 10.1 Å². The van der Waals surface area contributed by atoms with Crippen LogP contribution in [0.3, 0.4) is 0 Å². The van der Waals surface area contributed by atoms with E-state index in [1.807, 2.05) is 0 Å². The maximum atomic E-state index is 15.1. The van der Waals surface area contributed by atoms with Gasteiger partial charge in [0.15, 0.2) is 17.1 Å². The van der Waals surface area contributed by atoms with Gasteiger partial charge in [0.05, 0.1) is 17.8 Å². The highest BCUT2D eigenvalue weighted by molar-refractivity contribution is 6.22. The van der Waals surface area contributed by atoms with Gasteiger partial charge in [-0.05, 0) is 31.6 Å². The van der Waals surface area contributed by atoms with Gasteiger partial charge in [0.1, 0.15) is 22.9 Å². The first-order valence-corrected chi connectivity index (χ1v) is 12.0. The van der Waals surface area contributed by atoms with Gasteiger partial charge in [0.2, 0.25) is 11.7 Å². The number of phenols is 1. The number of Topliss-reactive ketones (excluding diaryl/α,β-unsaturated/α-hetero) is 2. The molecule has 8 N–H and O–H groups in total. The van der Waals surface area contributed by atoms with Gasteiger partial charge in [-0.25, -0.2) is 4.39 Å². The van der Waals surface area contributed by atoms with Crippen molar-refractivity contribution in [2.45, 2.75) is 50.2 Å². The molecule has 1 aromatic rings. The number of amides is 2. The molecule has 1 aromatic carbocycles. The van der Waals surface area contributed by atoms with Crippen molar-refractivity contribution >= 4 is 34.8 Å². The summed E-state index contributed by atoms with van der Waals surface area (Å²) >= 11 is 0. The second-order valence-electron chi connectivity index (χ2n) is 10.1. The minimum Gasteiger partial charge on any atom is -0.508 e. The molecule has 2 saturated carbocycles. The van der Waals surface area contributed by atoms with Crippen molar-refractivity contribution in [1.29, 1.82) is 0 Å². The van der Waals surface area contributed by atoms with Crippen LogP contribution in [0.5, 0.6) is 5.75 Å². The van der Waals surface area contributed by atoms with Crippen LogP contribution in [0.25, 0.3) is 5.76 Å². The molecule has 0 spiro atoms. The molecule has 0 heterocycles. The number of fused-ring (bicyclic) bond motifs is 3. The summed E-state index contributed by atoms with van der Waals surface area (Å²) in [7, 11) is 0. The predicted octanol–water partition coefficient (Wildman–Crippen LogP) is 0.644. The van der Waals surface area contributed by atoms with Crippen molar-refractivity contribution in [2.75, 3.05) is 11.9 Å². The van der Waals surface area contributed by atoms with E-state index in [1.54, 1.807) is 0 Å². The fourth-order valence-electron chi connectivity index (χ4n) is 5.78. The number of ketones is 2. The van der Waals surface area contributed by atoms with E-state index in [1.165, 1.54) is 0 Å². The average Bonchev–Trinajstić information content (AvgIpc) is 2.78. The lowest BCUT2D eigenvalue weighted by Crippen LogP contribution is -2.58. The molecule has 0 radical (unpaired) electrons. The Morgan fingerprint density at radius 1 is 1.16 bits per heavy atom. The minimum absolute atomic E-state index is 0.0720. The highest BCUT2D eigenvalue weighted by Gasteiger charge is 2.60. The molecule has 0 aliphatic heterocycles. The summed E-state index contributed by atoms with van der Waals surface area (Å²) in [5.74, 6) is -9.39. The van der Waals surface area contributed by atoms with Crippen molar-refractivity contribution in [3.63, 3.8) is 0 Å². The summed E-state index contributed by atoms with van der Waals surface area (Å²) in [5, 5.41) is 49.2. The zero-order valence-electron chi connectivity index (χ0n) is 19.6. The number of aliphatic hydroxyl groups is 3. The molecule has 4 aliphatic carbocycles. The topological polar surface area (TPSA) is 199 Å². The summed E-state index contributed by atoms with van der Waals surface area (Å²) in [6.45, 7) is -0.0720. The second-order valence-corrected chi connectivity index (χ2v) is 10.1. The summed E-state index contributed by atoms with van der Waals surface area (Å²) in [6.07, 6.45) is 2.22.